The van der Waals surface area contributed by atoms with Crippen LogP contribution < -0.4 is 10.2 Å². The lowest BCUT2D eigenvalue weighted by Crippen LogP contribution is -2.23. The molecular weight excluding hydrogens is 385 g/mol. The Morgan fingerprint density at radius 3 is 2.74 bits per heavy atom. The number of halogens is 2. The molecule has 2 aromatic rings. The van der Waals surface area contributed by atoms with Gasteiger partial charge in [0, 0.05) is 23.3 Å². The predicted molar refractivity (Wildman–Crippen MR) is 108 cm³/mol. The van der Waals surface area contributed by atoms with Crippen molar-refractivity contribution in [2.75, 3.05) is 6.54 Å². The van der Waals surface area contributed by atoms with Gasteiger partial charge in [0.25, 0.3) is 0 Å². The van der Waals surface area contributed by atoms with E-state index in [9.17, 15) is 5.21 Å². The van der Waals surface area contributed by atoms with Gasteiger partial charge < -0.3 is 4.74 Å². The Morgan fingerprint density at radius 2 is 2.00 bits per heavy atom. The van der Waals surface area contributed by atoms with Gasteiger partial charge in [-0.05, 0) is 49.9 Å². The maximum Gasteiger partial charge on any atom is 0.230 e. The second-order valence-corrected chi connectivity index (χ2v) is 7.63. The maximum absolute atomic E-state index is 9.66. The number of hydrogen-bond donors (Lipinski definition) is 2. The molecule has 144 valence electrons. The lowest BCUT2D eigenvalue weighted by atomic mass is 9.89. The molecule has 0 radical (unpaired) electrons. The number of aryl methyl sites for hydroxylation is 1. The molecule has 1 aliphatic rings. The second kappa shape index (κ2) is 9.40. The summed E-state index contributed by atoms with van der Waals surface area (Å²) in [6.45, 7) is 2.52. The van der Waals surface area contributed by atoms with Gasteiger partial charge in [0.2, 0.25) is 5.88 Å². The molecule has 1 aromatic carbocycles. The molecule has 1 heterocycles. The van der Waals surface area contributed by atoms with Crippen LogP contribution >= 0.6 is 23.2 Å². The Bertz CT molecular complexity index is 821. The summed E-state index contributed by atoms with van der Waals surface area (Å²) in [4.78, 5) is 9.03. The normalized spacial score (nSPS) is 15.6. The van der Waals surface area contributed by atoms with E-state index in [-0.39, 0.29) is 0 Å². The molecular formula is C20H23Cl2N3O2. The van der Waals surface area contributed by atoms with Crippen molar-refractivity contribution < 1.29 is 9.94 Å². The van der Waals surface area contributed by atoms with Gasteiger partial charge in [-0.2, -0.15) is 0 Å². The number of aromatic nitrogens is 1. The van der Waals surface area contributed by atoms with Gasteiger partial charge >= 0.3 is 0 Å². The van der Waals surface area contributed by atoms with Gasteiger partial charge in [0.1, 0.15) is 5.75 Å². The SMILES string of the molecule is Cc1ccc(C(=NCC2CCCCC2)NO)c(Oc2cc(Cl)ccc2Cl)n1. The summed E-state index contributed by atoms with van der Waals surface area (Å²) in [5.41, 5.74) is 3.54. The van der Waals surface area contributed by atoms with E-state index in [0.29, 0.717) is 45.5 Å². The number of rotatable bonds is 5. The largest absolute Gasteiger partial charge is 0.437 e. The maximum atomic E-state index is 9.66. The average Bonchev–Trinajstić information content (AvgIpc) is 2.67. The van der Waals surface area contributed by atoms with Gasteiger partial charge in [0.05, 0.1) is 10.6 Å². The third-order valence-electron chi connectivity index (χ3n) is 4.69. The first-order valence-corrected chi connectivity index (χ1v) is 9.88. The van der Waals surface area contributed by atoms with E-state index in [1.54, 1.807) is 18.2 Å². The highest BCUT2D eigenvalue weighted by molar-refractivity contribution is 6.34. The standard InChI is InChI=1S/C20H23Cl2N3O2/c1-13-7-9-16(19(25-26)23-12-14-5-3-2-4-6-14)20(24-13)27-18-11-15(21)8-10-17(18)22/h7-11,14,26H,2-6,12H2,1H3,(H,23,25). The summed E-state index contributed by atoms with van der Waals surface area (Å²) in [6.07, 6.45) is 6.14. The summed E-state index contributed by atoms with van der Waals surface area (Å²) in [5, 5.41) is 10.6. The Hall–Kier alpha value is -1.82. The topological polar surface area (TPSA) is 66.7 Å². The highest BCUT2D eigenvalue weighted by Crippen LogP contribution is 2.33. The van der Waals surface area contributed by atoms with Crippen molar-refractivity contribution in [3.63, 3.8) is 0 Å². The highest BCUT2D eigenvalue weighted by atomic mass is 35.5. The van der Waals surface area contributed by atoms with Crippen LogP contribution in [0.1, 0.15) is 43.4 Å². The molecule has 0 unspecified atom stereocenters. The average molecular weight is 408 g/mol. The quantitative estimate of drug-likeness (QED) is 0.373. The van der Waals surface area contributed by atoms with Gasteiger partial charge in [0.15, 0.2) is 5.84 Å². The Morgan fingerprint density at radius 1 is 1.22 bits per heavy atom. The van der Waals surface area contributed by atoms with Crippen LogP contribution in [-0.2, 0) is 0 Å². The van der Waals surface area contributed by atoms with Gasteiger partial charge in [-0.3, -0.25) is 15.7 Å². The van der Waals surface area contributed by atoms with Crippen molar-refractivity contribution in [2.45, 2.75) is 39.0 Å². The van der Waals surface area contributed by atoms with Crippen LogP contribution in [0.25, 0.3) is 0 Å². The van der Waals surface area contributed by atoms with Crippen molar-refractivity contribution in [3.05, 3.63) is 51.6 Å². The van der Waals surface area contributed by atoms with Crippen molar-refractivity contribution in [1.29, 1.82) is 0 Å². The Balaban J connectivity index is 1.88. The number of nitrogens with one attached hydrogen (secondary N) is 1. The van der Waals surface area contributed by atoms with E-state index in [0.717, 1.165) is 5.69 Å². The molecule has 1 saturated carbocycles. The van der Waals surface area contributed by atoms with E-state index >= 15 is 0 Å². The van der Waals surface area contributed by atoms with Gasteiger partial charge in [-0.25, -0.2) is 4.98 Å². The van der Waals surface area contributed by atoms with Crippen LogP contribution in [0.3, 0.4) is 0 Å². The zero-order valence-electron chi connectivity index (χ0n) is 15.2. The zero-order valence-corrected chi connectivity index (χ0v) is 16.7. The fourth-order valence-electron chi connectivity index (χ4n) is 3.22. The number of pyridine rings is 1. The number of nitrogens with zero attached hydrogens (tertiary/aromatic N) is 2. The Labute approximate surface area is 169 Å². The minimum atomic E-state index is 0.308. The lowest BCUT2D eigenvalue weighted by molar-refractivity contribution is 0.233. The zero-order chi connectivity index (χ0) is 19.2. The number of ether oxygens (including phenoxy) is 1. The summed E-state index contributed by atoms with van der Waals surface area (Å²) < 4.78 is 5.92. The molecule has 5 nitrogen and oxygen atoms in total. The molecule has 0 spiro atoms. The van der Waals surface area contributed by atoms with Crippen LogP contribution in [0.5, 0.6) is 11.6 Å². The molecule has 1 aromatic heterocycles. The monoisotopic (exact) mass is 407 g/mol. The molecule has 0 bridgehead atoms. The fraction of sp³-hybridized carbons (Fsp3) is 0.400. The minimum Gasteiger partial charge on any atom is -0.437 e. The summed E-state index contributed by atoms with van der Waals surface area (Å²) in [5.74, 6) is 1.59. The first-order valence-electron chi connectivity index (χ1n) is 9.12. The lowest BCUT2D eigenvalue weighted by Gasteiger charge is -2.20. The van der Waals surface area contributed by atoms with E-state index < -0.39 is 0 Å². The molecule has 7 heteroatoms. The van der Waals surface area contributed by atoms with Crippen molar-refractivity contribution in [1.82, 2.24) is 10.5 Å². The van der Waals surface area contributed by atoms with Crippen LogP contribution in [0.15, 0.2) is 35.3 Å². The van der Waals surface area contributed by atoms with Crippen LogP contribution in [0, 0.1) is 12.8 Å². The first-order chi connectivity index (χ1) is 13.1. The third kappa shape index (κ3) is 5.34. The van der Waals surface area contributed by atoms with Crippen LogP contribution in [0.2, 0.25) is 10.0 Å². The molecule has 1 aliphatic carbocycles. The van der Waals surface area contributed by atoms with E-state index in [4.69, 9.17) is 27.9 Å². The van der Waals surface area contributed by atoms with Gasteiger partial charge in [-0.15, -0.1) is 0 Å². The molecule has 27 heavy (non-hydrogen) atoms. The summed E-state index contributed by atoms with van der Waals surface area (Å²) in [7, 11) is 0. The number of amidine groups is 1. The molecule has 3 rings (SSSR count). The number of benzene rings is 1. The fourth-order valence-corrected chi connectivity index (χ4v) is 3.54. The van der Waals surface area contributed by atoms with E-state index in [1.165, 1.54) is 32.1 Å². The third-order valence-corrected chi connectivity index (χ3v) is 5.24. The van der Waals surface area contributed by atoms with Crippen molar-refractivity contribution >= 4 is 29.0 Å². The van der Waals surface area contributed by atoms with Gasteiger partial charge in [-0.1, -0.05) is 42.5 Å². The molecule has 2 N–H and O–H groups in total. The molecule has 0 amide bonds. The summed E-state index contributed by atoms with van der Waals surface area (Å²) >= 11 is 12.3. The van der Waals surface area contributed by atoms with Crippen molar-refractivity contribution in [2.24, 2.45) is 10.9 Å². The van der Waals surface area contributed by atoms with Crippen LogP contribution in [-0.4, -0.2) is 22.6 Å². The Kier molecular flexibility index (Phi) is 6.94. The number of aliphatic imine (C=N–C) groups is 1. The van der Waals surface area contributed by atoms with Crippen molar-refractivity contribution in [3.8, 4) is 11.6 Å². The molecule has 0 atom stereocenters. The minimum absolute atomic E-state index is 0.308. The highest BCUT2D eigenvalue weighted by Gasteiger charge is 2.17. The molecule has 1 fully saturated rings. The smallest absolute Gasteiger partial charge is 0.230 e. The summed E-state index contributed by atoms with van der Waals surface area (Å²) in [6, 6.07) is 8.64. The molecule has 0 saturated heterocycles. The van der Waals surface area contributed by atoms with Crippen LogP contribution in [0.4, 0.5) is 0 Å². The number of hydroxylamine groups is 1. The molecule has 0 aliphatic heterocycles. The second-order valence-electron chi connectivity index (χ2n) is 6.79. The van der Waals surface area contributed by atoms with E-state index in [1.807, 2.05) is 19.1 Å². The predicted octanol–water partition coefficient (Wildman–Crippen LogP) is 5.79. The first kappa shape index (κ1) is 19.9. The number of hydrogen-bond acceptors (Lipinski definition) is 4. The van der Waals surface area contributed by atoms with E-state index in [2.05, 4.69) is 15.5 Å².